The van der Waals surface area contributed by atoms with Gasteiger partial charge in [0.2, 0.25) is 11.8 Å². The molecule has 3 amide bonds. The van der Waals surface area contributed by atoms with Crippen molar-refractivity contribution in [2.24, 2.45) is 11.8 Å². The molecule has 3 heterocycles. The largest absolute Gasteiger partial charge is 0.494 e. The number of anilines is 1. The summed E-state index contributed by atoms with van der Waals surface area (Å²) in [6, 6.07) is 15.4. The zero-order valence-electron chi connectivity index (χ0n) is 23.5. The van der Waals surface area contributed by atoms with Crippen LogP contribution in [0.3, 0.4) is 0 Å². The molecule has 214 valence electrons. The molecule has 9 heteroatoms. The second-order valence-corrected chi connectivity index (χ2v) is 11.1. The predicted molar refractivity (Wildman–Crippen MR) is 153 cm³/mol. The van der Waals surface area contributed by atoms with Gasteiger partial charge in [-0.1, -0.05) is 12.1 Å². The third-order valence-electron chi connectivity index (χ3n) is 8.27. The van der Waals surface area contributed by atoms with Gasteiger partial charge in [-0.05, 0) is 61.2 Å². The number of carbonyl (C=O) groups excluding carboxylic acids is 3. The lowest BCUT2D eigenvalue weighted by Gasteiger charge is -2.30. The lowest BCUT2D eigenvalue weighted by molar-refractivity contribution is -0.139. The summed E-state index contributed by atoms with van der Waals surface area (Å²) < 4.78 is 11.5. The van der Waals surface area contributed by atoms with Crippen LogP contribution in [0.25, 0.3) is 0 Å². The molecule has 2 aromatic rings. The molecule has 40 heavy (non-hydrogen) atoms. The van der Waals surface area contributed by atoms with Crippen LogP contribution in [0.5, 0.6) is 5.75 Å². The van der Waals surface area contributed by atoms with Crippen molar-refractivity contribution < 1.29 is 23.9 Å². The second kappa shape index (κ2) is 12.7. The highest BCUT2D eigenvalue weighted by molar-refractivity contribution is 5.95. The maximum Gasteiger partial charge on any atom is 0.253 e. The maximum atomic E-state index is 13.6. The number of rotatable bonds is 3. The van der Waals surface area contributed by atoms with Crippen LogP contribution in [-0.4, -0.2) is 94.2 Å². The molecule has 0 aliphatic carbocycles. The van der Waals surface area contributed by atoms with Crippen LogP contribution in [0.15, 0.2) is 48.5 Å². The molecule has 2 fully saturated rings. The summed E-state index contributed by atoms with van der Waals surface area (Å²) in [7, 11) is 3.92. The first-order valence-corrected chi connectivity index (χ1v) is 14.3. The summed E-state index contributed by atoms with van der Waals surface area (Å²) in [6.07, 6.45) is 2.17. The Morgan fingerprint density at radius 3 is 2.42 bits per heavy atom. The lowest BCUT2D eigenvalue weighted by atomic mass is 9.88. The fraction of sp³-hybridized carbons (Fsp3) is 0.516. The number of carbonyl (C=O) groups is 3. The first-order chi connectivity index (χ1) is 19.4. The van der Waals surface area contributed by atoms with Crippen molar-refractivity contribution in [3.8, 4) is 5.75 Å². The van der Waals surface area contributed by atoms with Crippen LogP contribution in [0, 0.1) is 11.8 Å². The number of amides is 3. The monoisotopic (exact) mass is 548 g/mol. The number of nitrogens with one attached hydrogen (secondary N) is 1. The van der Waals surface area contributed by atoms with E-state index in [1.807, 2.05) is 72.4 Å². The van der Waals surface area contributed by atoms with E-state index in [0.29, 0.717) is 64.5 Å². The maximum absolute atomic E-state index is 13.6. The summed E-state index contributed by atoms with van der Waals surface area (Å²) in [6.45, 7) is 3.90. The fourth-order valence-corrected chi connectivity index (χ4v) is 5.92. The Morgan fingerprint density at radius 1 is 0.925 bits per heavy atom. The van der Waals surface area contributed by atoms with E-state index in [-0.39, 0.29) is 29.6 Å². The van der Waals surface area contributed by atoms with Crippen LogP contribution in [0.1, 0.15) is 41.1 Å². The predicted octanol–water partition coefficient (Wildman–Crippen LogP) is 2.76. The van der Waals surface area contributed by atoms with E-state index < -0.39 is 5.92 Å². The first kappa shape index (κ1) is 28.0. The van der Waals surface area contributed by atoms with Crippen LogP contribution < -0.4 is 15.0 Å². The van der Waals surface area contributed by atoms with Crippen LogP contribution in [0.4, 0.5) is 5.69 Å². The minimum Gasteiger partial charge on any atom is -0.494 e. The molecule has 3 aliphatic heterocycles. The molecule has 5 rings (SSSR count). The van der Waals surface area contributed by atoms with Crippen LogP contribution in [0.2, 0.25) is 0 Å². The molecule has 1 N–H and O–H groups in total. The third kappa shape index (κ3) is 6.41. The van der Waals surface area contributed by atoms with Gasteiger partial charge in [0.15, 0.2) is 0 Å². The standard InChI is InChI=1S/C31H40N4O5/c1-33(2)25-9-7-22(8-10-25)31(38)35-20-27-24-5-3-6-26(19-24)40-16-4-14-34(15-13-32-29(36)28(27)21-35)30(37)23-11-17-39-18-12-23/h3,5-10,19,23,27-28H,4,11-18,20-21H2,1-2H3,(H,32,36)/t27-,28+/m1/s1. The van der Waals surface area contributed by atoms with Gasteiger partial charge in [0.1, 0.15) is 5.75 Å². The fourth-order valence-electron chi connectivity index (χ4n) is 5.92. The average molecular weight is 549 g/mol. The number of benzene rings is 2. The van der Waals surface area contributed by atoms with Crippen molar-refractivity contribution in [2.45, 2.75) is 25.2 Å². The van der Waals surface area contributed by atoms with Crippen molar-refractivity contribution in [1.82, 2.24) is 15.1 Å². The Hall–Kier alpha value is -3.59. The molecule has 9 nitrogen and oxygen atoms in total. The van der Waals surface area contributed by atoms with Crippen LogP contribution >= 0.6 is 0 Å². The van der Waals surface area contributed by atoms with Crippen molar-refractivity contribution in [3.05, 3.63) is 59.7 Å². The molecule has 3 aliphatic rings. The summed E-state index contributed by atoms with van der Waals surface area (Å²) in [4.78, 5) is 46.0. The molecule has 2 saturated heterocycles. The van der Waals surface area contributed by atoms with E-state index in [1.54, 1.807) is 4.90 Å². The number of hydrogen-bond donors (Lipinski definition) is 1. The Labute approximate surface area is 236 Å². The molecule has 2 bridgehead atoms. The lowest BCUT2D eigenvalue weighted by Crippen LogP contribution is -2.45. The number of nitrogens with zero attached hydrogens (tertiary/aromatic N) is 3. The van der Waals surface area contributed by atoms with Gasteiger partial charge < -0.3 is 29.5 Å². The Morgan fingerprint density at radius 2 is 1.68 bits per heavy atom. The third-order valence-corrected chi connectivity index (χ3v) is 8.27. The van der Waals surface area contributed by atoms with Crippen molar-refractivity contribution in [1.29, 1.82) is 0 Å². The summed E-state index contributed by atoms with van der Waals surface area (Å²) >= 11 is 0. The van der Waals surface area contributed by atoms with Gasteiger partial charge >= 0.3 is 0 Å². The minimum atomic E-state index is -0.400. The van der Waals surface area contributed by atoms with Gasteiger partial charge in [0.25, 0.3) is 5.91 Å². The zero-order valence-corrected chi connectivity index (χ0v) is 23.5. The Balaban J connectivity index is 1.34. The van der Waals surface area contributed by atoms with Gasteiger partial charge in [-0.15, -0.1) is 0 Å². The quantitative estimate of drug-likeness (QED) is 0.635. The van der Waals surface area contributed by atoms with E-state index in [9.17, 15) is 14.4 Å². The molecule has 0 spiro atoms. The van der Waals surface area contributed by atoms with E-state index in [4.69, 9.17) is 9.47 Å². The molecular weight excluding hydrogens is 508 g/mol. The summed E-state index contributed by atoms with van der Waals surface area (Å²) in [5.41, 5.74) is 2.62. The summed E-state index contributed by atoms with van der Waals surface area (Å²) in [5.74, 6) is 0.0996. The molecule has 0 unspecified atom stereocenters. The molecule has 0 aromatic heterocycles. The Bertz CT molecular complexity index is 1190. The average Bonchev–Trinajstić information content (AvgIpc) is 3.44. The molecular formula is C31H40N4O5. The first-order valence-electron chi connectivity index (χ1n) is 14.3. The highest BCUT2D eigenvalue weighted by atomic mass is 16.5. The molecule has 0 saturated carbocycles. The topological polar surface area (TPSA) is 91.4 Å². The molecule has 2 aromatic carbocycles. The van der Waals surface area contributed by atoms with E-state index in [0.717, 1.165) is 29.8 Å². The van der Waals surface area contributed by atoms with E-state index >= 15 is 0 Å². The molecule has 0 radical (unpaired) electrons. The van der Waals surface area contributed by atoms with Crippen molar-refractivity contribution in [2.75, 3.05) is 71.5 Å². The number of fused-ring (bicyclic) bond motifs is 4. The smallest absolute Gasteiger partial charge is 0.253 e. The van der Waals surface area contributed by atoms with Gasteiger partial charge in [0, 0.05) is 83.1 Å². The van der Waals surface area contributed by atoms with E-state index in [1.165, 1.54) is 0 Å². The highest BCUT2D eigenvalue weighted by Crippen LogP contribution is 2.35. The normalized spacial score (nSPS) is 22.5. The Kier molecular flexibility index (Phi) is 8.89. The minimum absolute atomic E-state index is 0.0356. The van der Waals surface area contributed by atoms with Gasteiger partial charge in [-0.25, -0.2) is 0 Å². The SMILES string of the molecule is CN(C)c1ccc(C(=O)N2C[C@@H]3C(=O)NCCN(C(=O)C4CCOCC4)CCCOc4cccc(c4)[C@H]3C2)cc1. The number of likely N-dealkylation sites (tertiary alicyclic amines) is 1. The van der Waals surface area contributed by atoms with Gasteiger partial charge in [0.05, 0.1) is 12.5 Å². The van der Waals surface area contributed by atoms with Crippen LogP contribution in [-0.2, 0) is 14.3 Å². The van der Waals surface area contributed by atoms with Gasteiger partial charge in [-0.2, -0.15) is 0 Å². The number of hydrogen-bond acceptors (Lipinski definition) is 6. The van der Waals surface area contributed by atoms with Gasteiger partial charge in [-0.3, -0.25) is 14.4 Å². The van der Waals surface area contributed by atoms with Crippen molar-refractivity contribution in [3.63, 3.8) is 0 Å². The highest BCUT2D eigenvalue weighted by Gasteiger charge is 2.41. The molecule has 2 atom stereocenters. The number of ether oxygens (including phenoxy) is 2. The zero-order chi connectivity index (χ0) is 28.1. The second-order valence-electron chi connectivity index (χ2n) is 11.1. The van der Waals surface area contributed by atoms with E-state index in [2.05, 4.69) is 5.32 Å². The van der Waals surface area contributed by atoms with Crippen molar-refractivity contribution >= 4 is 23.4 Å². The summed E-state index contributed by atoms with van der Waals surface area (Å²) in [5, 5.41) is 3.09.